The number of para-hydroxylation sites is 1. The van der Waals surface area contributed by atoms with Crippen molar-refractivity contribution in [3.05, 3.63) is 53.6 Å². The first-order valence-corrected chi connectivity index (χ1v) is 13.6. The van der Waals surface area contributed by atoms with Crippen LogP contribution in [0, 0.1) is 6.92 Å². The van der Waals surface area contributed by atoms with Gasteiger partial charge in [-0.2, -0.15) is 4.31 Å². The largest absolute Gasteiger partial charge is 0.467 e. The van der Waals surface area contributed by atoms with E-state index in [2.05, 4.69) is 11.1 Å². The van der Waals surface area contributed by atoms with Gasteiger partial charge in [-0.1, -0.05) is 23.5 Å². The molecule has 0 saturated carbocycles. The van der Waals surface area contributed by atoms with Gasteiger partial charge in [0.15, 0.2) is 0 Å². The van der Waals surface area contributed by atoms with E-state index in [1.54, 1.807) is 35.6 Å². The third-order valence-electron chi connectivity index (χ3n) is 6.40. The molecule has 5 rings (SSSR count). The fourth-order valence-electron chi connectivity index (χ4n) is 4.47. The molecule has 1 aromatic heterocycles. The summed E-state index contributed by atoms with van der Waals surface area (Å²) >= 11 is 1.55. The minimum absolute atomic E-state index is 0.0305. The van der Waals surface area contributed by atoms with Crippen LogP contribution in [0.1, 0.15) is 41.6 Å². The molecular weight excluding hydrogens is 458 g/mol. The first-order valence-electron chi connectivity index (χ1n) is 11.3. The summed E-state index contributed by atoms with van der Waals surface area (Å²) in [5.41, 5.74) is 2.63. The fraction of sp³-hybridized carbons (Fsp3) is 0.417. The molecule has 2 aliphatic rings. The summed E-state index contributed by atoms with van der Waals surface area (Å²) in [7, 11) is -3.47. The van der Waals surface area contributed by atoms with E-state index in [4.69, 9.17) is 4.74 Å². The number of aromatic nitrogens is 1. The molecule has 0 spiro atoms. The number of carbonyl (C=O) groups is 1. The number of likely N-dealkylation sites (tertiary alicyclic amines) is 1. The maximum atomic E-state index is 13.0. The standard InChI is InChI=1S/C24H27N3O4S2/c1-17-5-4-6-21-22(17)25-24(32-21)31-19-11-15-26(16-12-19)23(28)18-7-9-20(10-8-18)33(29,30)27-13-2-3-14-27/h4-10,19H,2-3,11-16H2,1H3. The average molecular weight is 486 g/mol. The van der Waals surface area contributed by atoms with E-state index in [-0.39, 0.29) is 16.9 Å². The third kappa shape index (κ3) is 4.49. The number of aryl methyl sites for hydroxylation is 1. The number of hydrogen-bond donors (Lipinski definition) is 0. The molecule has 0 N–H and O–H groups in total. The number of rotatable bonds is 5. The molecule has 0 atom stereocenters. The average Bonchev–Trinajstić information content (AvgIpc) is 3.50. The van der Waals surface area contributed by atoms with Gasteiger partial charge in [-0.3, -0.25) is 4.79 Å². The van der Waals surface area contributed by atoms with Crippen LogP contribution in [-0.2, 0) is 10.0 Å². The zero-order valence-electron chi connectivity index (χ0n) is 18.6. The van der Waals surface area contributed by atoms with Crippen LogP contribution in [-0.4, -0.2) is 60.8 Å². The van der Waals surface area contributed by atoms with Gasteiger partial charge in [-0.05, 0) is 55.7 Å². The van der Waals surface area contributed by atoms with Gasteiger partial charge in [0.05, 0.1) is 15.1 Å². The zero-order valence-corrected chi connectivity index (χ0v) is 20.2. The number of sulfonamides is 1. The van der Waals surface area contributed by atoms with Gasteiger partial charge in [-0.25, -0.2) is 13.4 Å². The van der Waals surface area contributed by atoms with Crippen molar-refractivity contribution in [2.75, 3.05) is 26.2 Å². The minimum atomic E-state index is -3.47. The number of fused-ring (bicyclic) bond motifs is 1. The van der Waals surface area contributed by atoms with Crippen LogP contribution in [0.5, 0.6) is 5.19 Å². The SMILES string of the molecule is Cc1cccc2sc(OC3CCN(C(=O)c4ccc(S(=O)(=O)N5CCCC5)cc4)CC3)nc12. The monoisotopic (exact) mass is 485 g/mol. The molecule has 3 aromatic rings. The van der Waals surface area contributed by atoms with E-state index in [9.17, 15) is 13.2 Å². The Balaban J connectivity index is 1.19. The molecule has 2 fully saturated rings. The van der Waals surface area contributed by atoms with Crippen molar-refractivity contribution < 1.29 is 17.9 Å². The topological polar surface area (TPSA) is 79.8 Å². The second-order valence-electron chi connectivity index (χ2n) is 8.65. The number of hydrogen-bond acceptors (Lipinski definition) is 6. The quantitative estimate of drug-likeness (QED) is 0.544. The van der Waals surface area contributed by atoms with E-state index in [0.29, 0.717) is 36.9 Å². The molecule has 2 saturated heterocycles. The maximum absolute atomic E-state index is 13.0. The zero-order chi connectivity index (χ0) is 23.0. The fourth-order valence-corrected chi connectivity index (χ4v) is 6.94. The maximum Gasteiger partial charge on any atom is 0.274 e. The molecule has 2 aliphatic heterocycles. The van der Waals surface area contributed by atoms with Gasteiger partial charge in [0, 0.05) is 44.6 Å². The van der Waals surface area contributed by atoms with E-state index in [0.717, 1.165) is 41.5 Å². The van der Waals surface area contributed by atoms with Crippen molar-refractivity contribution in [2.24, 2.45) is 0 Å². The Morgan fingerprint density at radius 1 is 1.03 bits per heavy atom. The van der Waals surface area contributed by atoms with E-state index < -0.39 is 10.0 Å². The number of carbonyl (C=O) groups excluding carboxylic acids is 1. The normalized spacial score (nSPS) is 18.2. The highest BCUT2D eigenvalue weighted by atomic mass is 32.2. The third-order valence-corrected chi connectivity index (χ3v) is 9.23. The molecule has 0 unspecified atom stereocenters. The Morgan fingerprint density at radius 2 is 1.73 bits per heavy atom. The lowest BCUT2D eigenvalue weighted by molar-refractivity contribution is 0.0595. The van der Waals surface area contributed by atoms with Crippen LogP contribution in [0.25, 0.3) is 10.2 Å². The van der Waals surface area contributed by atoms with Gasteiger partial charge in [-0.15, -0.1) is 0 Å². The van der Waals surface area contributed by atoms with Crippen LogP contribution in [0.15, 0.2) is 47.4 Å². The van der Waals surface area contributed by atoms with Crippen molar-refractivity contribution in [2.45, 2.75) is 43.6 Å². The lowest BCUT2D eigenvalue weighted by atomic mass is 10.1. The second-order valence-corrected chi connectivity index (χ2v) is 11.6. The smallest absolute Gasteiger partial charge is 0.274 e. The highest BCUT2D eigenvalue weighted by molar-refractivity contribution is 7.89. The van der Waals surface area contributed by atoms with Crippen LogP contribution in [0.3, 0.4) is 0 Å². The van der Waals surface area contributed by atoms with E-state index in [1.807, 2.05) is 24.0 Å². The molecule has 2 aromatic carbocycles. The molecule has 0 bridgehead atoms. The summed E-state index contributed by atoms with van der Waals surface area (Å²) < 4.78 is 34.1. The Labute approximate surface area is 198 Å². The molecule has 7 nitrogen and oxygen atoms in total. The van der Waals surface area contributed by atoms with Crippen LogP contribution in [0.4, 0.5) is 0 Å². The summed E-state index contributed by atoms with van der Waals surface area (Å²) in [6.45, 7) is 4.38. The molecule has 0 aliphatic carbocycles. The van der Waals surface area contributed by atoms with Gasteiger partial charge in [0.2, 0.25) is 10.0 Å². The molecular formula is C24H27N3O4S2. The predicted octanol–water partition coefficient (Wildman–Crippen LogP) is 4.07. The summed E-state index contributed by atoms with van der Waals surface area (Å²) in [6, 6.07) is 12.5. The summed E-state index contributed by atoms with van der Waals surface area (Å²) in [5.74, 6) is -0.0748. The second kappa shape index (κ2) is 9.04. The number of nitrogens with zero attached hydrogens (tertiary/aromatic N) is 3. The van der Waals surface area contributed by atoms with Crippen molar-refractivity contribution in [3.63, 3.8) is 0 Å². The van der Waals surface area contributed by atoms with Crippen LogP contribution >= 0.6 is 11.3 Å². The Kier molecular flexibility index (Phi) is 6.11. The molecule has 9 heteroatoms. The van der Waals surface area contributed by atoms with Crippen molar-refractivity contribution >= 4 is 37.5 Å². The summed E-state index contributed by atoms with van der Waals surface area (Å²) in [4.78, 5) is 19.6. The highest BCUT2D eigenvalue weighted by Crippen LogP contribution is 2.31. The summed E-state index contributed by atoms with van der Waals surface area (Å²) in [6.07, 6.45) is 3.30. The predicted molar refractivity (Wildman–Crippen MR) is 128 cm³/mol. The molecule has 1 amide bonds. The molecule has 33 heavy (non-hydrogen) atoms. The van der Waals surface area contributed by atoms with Gasteiger partial charge in [0.25, 0.3) is 11.1 Å². The van der Waals surface area contributed by atoms with Gasteiger partial charge < -0.3 is 9.64 Å². The molecule has 3 heterocycles. The van der Waals surface area contributed by atoms with E-state index >= 15 is 0 Å². The van der Waals surface area contributed by atoms with E-state index in [1.165, 1.54) is 4.31 Å². The van der Waals surface area contributed by atoms with Gasteiger partial charge >= 0.3 is 0 Å². The summed E-state index contributed by atoms with van der Waals surface area (Å²) in [5, 5.41) is 0.680. The minimum Gasteiger partial charge on any atom is -0.467 e. The van der Waals surface area contributed by atoms with Gasteiger partial charge in [0.1, 0.15) is 6.10 Å². The van der Waals surface area contributed by atoms with Crippen molar-refractivity contribution in [1.29, 1.82) is 0 Å². The molecule has 0 radical (unpaired) electrons. The number of benzene rings is 2. The lowest BCUT2D eigenvalue weighted by Gasteiger charge is -2.31. The molecule has 174 valence electrons. The number of piperidine rings is 1. The lowest BCUT2D eigenvalue weighted by Crippen LogP contribution is -2.41. The van der Waals surface area contributed by atoms with Crippen molar-refractivity contribution in [1.82, 2.24) is 14.2 Å². The number of thiazole rings is 1. The number of amides is 1. The van der Waals surface area contributed by atoms with Crippen LogP contribution in [0.2, 0.25) is 0 Å². The Hall–Kier alpha value is -2.49. The number of ether oxygens (including phenoxy) is 1. The van der Waals surface area contributed by atoms with Crippen molar-refractivity contribution in [3.8, 4) is 5.19 Å². The van der Waals surface area contributed by atoms with Crippen LogP contribution < -0.4 is 4.74 Å². The Bertz CT molecular complexity index is 1260. The first-order chi connectivity index (χ1) is 15.9. The Morgan fingerprint density at radius 3 is 2.39 bits per heavy atom. The first kappa shape index (κ1) is 22.3. The highest BCUT2D eigenvalue weighted by Gasteiger charge is 2.28.